The van der Waals surface area contributed by atoms with Crippen LogP contribution in [-0.4, -0.2) is 34.4 Å². The lowest BCUT2D eigenvalue weighted by Crippen LogP contribution is -2.20. The third-order valence-corrected chi connectivity index (χ3v) is 1.94. The molecule has 0 radical (unpaired) electrons. The zero-order valence-electron chi connectivity index (χ0n) is 8.06. The van der Waals surface area contributed by atoms with Crippen LogP contribution in [0.1, 0.15) is 0 Å². The van der Waals surface area contributed by atoms with Crippen molar-refractivity contribution in [2.24, 2.45) is 0 Å². The molecule has 4 N–H and O–H groups in total. The molecule has 7 heteroatoms. The van der Waals surface area contributed by atoms with E-state index in [4.69, 9.17) is 14.7 Å². The van der Waals surface area contributed by atoms with E-state index in [2.05, 4.69) is 15.3 Å². The summed E-state index contributed by atoms with van der Waals surface area (Å²) in [4.78, 5) is 7.16. The summed E-state index contributed by atoms with van der Waals surface area (Å²) < 4.78 is 4.79. The lowest BCUT2D eigenvalue weighted by atomic mass is 10.2. The predicted octanol–water partition coefficient (Wildman–Crippen LogP) is -0.0471. The number of hydrogen-bond acceptors (Lipinski definition) is 5. The Hall–Kier alpha value is -1.73. The number of imidazole rings is 1. The molecule has 15 heavy (non-hydrogen) atoms. The van der Waals surface area contributed by atoms with Crippen molar-refractivity contribution in [3.8, 4) is 5.75 Å². The van der Waals surface area contributed by atoms with Gasteiger partial charge in [-0.15, -0.1) is 0 Å². The lowest BCUT2D eigenvalue weighted by Gasteiger charge is -2.03. The summed E-state index contributed by atoms with van der Waals surface area (Å²) in [5, 5.41) is 20.3. The smallest absolute Gasteiger partial charge is 0.510 e. The number of para-hydroxylation sites is 1. The highest BCUT2D eigenvalue weighted by Gasteiger charge is 2.15. The minimum atomic E-state index is -1.84. The summed E-state index contributed by atoms with van der Waals surface area (Å²) in [6, 6.07) is 5.17. The van der Waals surface area contributed by atoms with Crippen molar-refractivity contribution in [3.63, 3.8) is 0 Å². The van der Waals surface area contributed by atoms with Gasteiger partial charge in [-0.05, 0) is 12.1 Å². The number of H-pyrrole nitrogens is 1. The van der Waals surface area contributed by atoms with Crippen LogP contribution in [0.2, 0.25) is 0 Å². The normalized spacial score (nSPS) is 10.3. The maximum absolute atomic E-state index is 8.71. The van der Waals surface area contributed by atoms with Gasteiger partial charge in [-0.3, -0.25) is 0 Å². The molecule has 2 aromatic rings. The van der Waals surface area contributed by atoms with Crippen LogP contribution in [-0.2, 0) is 0 Å². The fourth-order valence-electron chi connectivity index (χ4n) is 1.33. The van der Waals surface area contributed by atoms with Crippen molar-refractivity contribution in [2.75, 3.05) is 12.4 Å². The molecular formula is C8H10BN3O3. The number of aromatic amines is 1. The molecule has 0 aliphatic carbocycles. The standard InChI is InChI=1S/C8H10BN3O3/c1-10-8-11-5-3-2-4-6(7(5)12-8)15-9(13)14/h2-4,13-14H,1H3,(H2,10,11,12). The van der Waals surface area contributed by atoms with Crippen LogP contribution in [0.5, 0.6) is 5.75 Å². The SMILES string of the molecule is CNc1nc2c(OB(O)O)cccc2[nH]1. The molecule has 0 unspecified atom stereocenters. The molecule has 2 rings (SSSR count). The predicted molar refractivity (Wildman–Crippen MR) is 56.5 cm³/mol. The van der Waals surface area contributed by atoms with Crippen LogP contribution in [0, 0.1) is 0 Å². The average molecular weight is 207 g/mol. The highest BCUT2D eigenvalue weighted by Crippen LogP contribution is 2.24. The Balaban J connectivity index is 2.49. The van der Waals surface area contributed by atoms with E-state index in [1.165, 1.54) is 0 Å². The van der Waals surface area contributed by atoms with E-state index in [0.717, 1.165) is 5.52 Å². The summed E-state index contributed by atoms with van der Waals surface area (Å²) >= 11 is 0. The summed E-state index contributed by atoms with van der Waals surface area (Å²) in [5.74, 6) is 0.911. The van der Waals surface area contributed by atoms with Crippen LogP contribution in [0.25, 0.3) is 11.0 Å². The summed E-state index contributed by atoms with van der Waals surface area (Å²) in [6.45, 7) is 0. The van der Waals surface area contributed by atoms with E-state index < -0.39 is 7.32 Å². The maximum Gasteiger partial charge on any atom is 0.707 e. The first-order valence-corrected chi connectivity index (χ1v) is 4.40. The van der Waals surface area contributed by atoms with Gasteiger partial charge in [0.1, 0.15) is 11.3 Å². The molecule has 0 aliphatic heterocycles. The number of anilines is 1. The Labute approximate surface area is 86.1 Å². The van der Waals surface area contributed by atoms with Crippen LogP contribution >= 0.6 is 0 Å². The van der Waals surface area contributed by atoms with Gasteiger partial charge in [-0.1, -0.05) is 6.07 Å². The van der Waals surface area contributed by atoms with Crippen molar-refractivity contribution in [3.05, 3.63) is 18.2 Å². The Kier molecular flexibility index (Phi) is 2.48. The Morgan fingerprint density at radius 2 is 2.27 bits per heavy atom. The van der Waals surface area contributed by atoms with E-state index in [9.17, 15) is 0 Å². The first-order chi connectivity index (χ1) is 7.20. The largest absolute Gasteiger partial charge is 0.707 e. The summed E-state index contributed by atoms with van der Waals surface area (Å²) in [6.07, 6.45) is 0. The molecule has 0 amide bonds. The van der Waals surface area contributed by atoms with Gasteiger partial charge in [0.15, 0.2) is 0 Å². The number of fused-ring (bicyclic) bond motifs is 1. The molecule has 6 nitrogen and oxygen atoms in total. The summed E-state index contributed by atoms with van der Waals surface area (Å²) in [7, 11) is -0.107. The van der Waals surface area contributed by atoms with E-state index in [0.29, 0.717) is 17.2 Å². The zero-order valence-corrected chi connectivity index (χ0v) is 8.06. The quantitative estimate of drug-likeness (QED) is 0.530. The molecule has 78 valence electrons. The minimum absolute atomic E-state index is 0.320. The van der Waals surface area contributed by atoms with Gasteiger partial charge in [0.25, 0.3) is 0 Å². The second-order valence-corrected chi connectivity index (χ2v) is 2.93. The Morgan fingerprint density at radius 1 is 1.47 bits per heavy atom. The third-order valence-electron chi connectivity index (χ3n) is 1.94. The Bertz CT molecular complexity index is 471. The molecule has 1 heterocycles. The number of hydrogen-bond donors (Lipinski definition) is 4. The fraction of sp³-hybridized carbons (Fsp3) is 0.125. The van der Waals surface area contributed by atoms with Gasteiger partial charge in [-0.2, -0.15) is 0 Å². The molecule has 0 saturated heterocycles. The number of nitrogens with one attached hydrogen (secondary N) is 2. The molecule has 0 saturated carbocycles. The van der Waals surface area contributed by atoms with Crippen molar-refractivity contribution in [1.82, 2.24) is 9.97 Å². The van der Waals surface area contributed by atoms with E-state index in [1.54, 1.807) is 19.2 Å². The fourth-order valence-corrected chi connectivity index (χ4v) is 1.33. The molecule has 1 aromatic heterocycles. The first-order valence-electron chi connectivity index (χ1n) is 4.40. The zero-order chi connectivity index (χ0) is 10.8. The van der Waals surface area contributed by atoms with E-state index in [-0.39, 0.29) is 0 Å². The van der Waals surface area contributed by atoms with Gasteiger partial charge >= 0.3 is 7.32 Å². The van der Waals surface area contributed by atoms with Gasteiger partial charge in [0.2, 0.25) is 5.95 Å². The maximum atomic E-state index is 8.71. The van der Waals surface area contributed by atoms with Gasteiger partial charge in [0, 0.05) is 7.05 Å². The van der Waals surface area contributed by atoms with Crippen LogP contribution in [0.3, 0.4) is 0 Å². The second kappa shape index (κ2) is 3.80. The monoisotopic (exact) mass is 207 g/mol. The molecule has 0 atom stereocenters. The van der Waals surface area contributed by atoms with Gasteiger partial charge in [-0.25, -0.2) is 4.98 Å². The molecule has 1 aromatic carbocycles. The molecule has 0 bridgehead atoms. The lowest BCUT2D eigenvalue weighted by molar-refractivity contribution is 0.289. The topological polar surface area (TPSA) is 90.4 Å². The van der Waals surface area contributed by atoms with Gasteiger partial charge < -0.3 is 25.0 Å². The van der Waals surface area contributed by atoms with Gasteiger partial charge in [0.05, 0.1) is 5.52 Å². The number of rotatable bonds is 3. The first kappa shape index (κ1) is 9.82. The van der Waals surface area contributed by atoms with Crippen LogP contribution in [0.15, 0.2) is 18.2 Å². The van der Waals surface area contributed by atoms with Crippen molar-refractivity contribution >= 4 is 24.3 Å². The minimum Gasteiger partial charge on any atom is -0.510 e. The van der Waals surface area contributed by atoms with Crippen molar-refractivity contribution in [1.29, 1.82) is 0 Å². The number of aromatic nitrogens is 2. The van der Waals surface area contributed by atoms with Crippen LogP contribution < -0.4 is 9.97 Å². The molecule has 0 spiro atoms. The second-order valence-electron chi connectivity index (χ2n) is 2.93. The number of nitrogens with zero attached hydrogens (tertiary/aromatic N) is 1. The Morgan fingerprint density at radius 3 is 2.93 bits per heavy atom. The van der Waals surface area contributed by atoms with E-state index >= 15 is 0 Å². The van der Waals surface area contributed by atoms with E-state index in [1.807, 2.05) is 6.07 Å². The molecule has 0 aliphatic rings. The highest BCUT2D eigenvalue weighted by atomic mass is 16.6. The van der Waals surface area contributed by atoms with Crippen molar-refractivity contribution < 1.29 is 14.7 Å². The van der Waals surface area contributed by atoms with Crippen LogP contribution in [0.4, 0.5) is 5.95 Å². The summed E-state index contributed by atoms with van der Waals surface area (Å²) in [5.41, 5.74) is 1.31. The molecule has 0 fully saturated rings. The average Bonchev–Trinajstić information content (AvgIpc) is 2.61. The third kappa shape index (κ3) is 1.88. The highest BCUT2D eigenvalue weighted by molar-refractivity contribution is 6.34. The van der Waals surface area contributed by atoms with Crippen molar-refractivity contribution in [2.45, 2.75) is 0 Å². The number of benzene rings is 1. The molecular weight excluding hydrogens is 197 g/mol.